The Kier molecular flexibility index (Phi) is 7.88. The van der Waals surface area contributed by atoms with E-state index in [0.29, 0.717) is 41.3 Å². The van der Waals surface area contributed by atoms with Gasteiger partial charge in [0.1, 0.15) is 0 Å². The SMILES string of the molecule is COc1ccc(CCNC(=O)c2ccccc2NC(=O)c2cccc(I)c2)cc1OC. The first-order valence-corrected chi connectivity index (χ1v) is 10.7. The van der Waals surface area contributed by atoms with E-state index in [4.69, 9.17) is 9.47 Å². The van der Waals surface area contributed by atoms with Crippen LogP contribution in [0.3, 0.4) is 0 Å². The fraction of sp³-hybridized carbons (Fsp3) is 0.167. The van der Waals surface area contributed by atoms with Crippen LogP contribution < -0.4 is 20.1 Å². The zero-order chi connectivity index (χ0) is 22.2. The summed E-state index contributed by atoms with van der Waals surface area (Å²) >= 11 is 2.16. The third-order valence-corrected chi connectivity index (χ3v) is 5.32. The third kappa shape index (κ3) is 5.97. The van der Waals surface area contributed by atoms with Crippen molar-refractivity contribution in [3.05, 3.63) is 87.0 Å². The maximum Gasteiger partial charge on any atom is 0.255 e. The van der Waals surface area contributed by atoms with Gasteiger partial charge in [-0.15, -0.1) is 0 Å². The van der Waals surface area contributed by atoms with Crippen molar-refractivity contribution in [1.82, 2.24) is 5.32 Å². The molecule has 0 heterocycles. The molecule has 2 amide bonds. The average molecular weight is 530 g/mol. The molecule has 0 aliphatic heterocycles. The number of nitrogens with one attached hydrogen (secondary N) is 2. The second kappa shape index (κ2) is 10.8. The molecule has 0 radical (unpaired) electrons. The van der Waals surface area contributed by atoms with E-state index in [-0.39, 0.29) is 11.8 Å². The predicted molar refractivity (Wildman–Crippen MR) is 129 cm³/mol. The molecule has 0 atom stereocenters. The highest BCUT2D eigenvalue weighted by Crippen LogP contribution is 2.27. The highest BCUT2D eigenvalue weighted by molar-refractivity contribution is 14.1. The highest BCUT2D eigenvalue weighted by atomic mass is 127. The molecule has 3 aromatic rings. The number of benzene rings is 3. The second-order valence-corrected chi connectivity index (χ2v) is 7.95. The van der Waals surface area contributed by atoms with Crippen LogP contribution in [-0.4, -0.2) is 32.6 Å². The molecule has 2 N–H and O–H groups in total. The van der Waals surface area contributed by atoms with Gasteiger partial charge in [0.2, 0.25) is 0 Å². The number of methoxy groups -OCH3 is 2. The van der Waals surface area contributed by atoms with Crippen molar-refractivity contribution in [2.45, 2.75) is 6.42 Å². The summed E-state index contributed by atoms with van der Waals surface area (Å²) in [5, 5.41) is 5.75. The van der Waals surface area contributed by atoms with Gasteiger partial charge >= 0.3 is 0 Å². The molecule has 7 heteroatoms. The van der Waals surface area contributed by atoms with Crippen LogP contribution in [0.25, 0.3) is 0 Å². The number of hydrogen-bond donors (Lipinski definition) is 2. The van der Waals surface area contributed by atoms with E-state index in [1.807, 2.05) is 30.3 Å². The van der Waals surface area contributed by atoms with Gasteiger partial charge in [-0.3, -0.25) is 9.59 Å². The molecule has 0 fully saturated rings. The van der Waals surface area contributed by atoms with Crippen molar-refractivity contribution in [2.24, 2.45) is 0 Å². The van der Waals surface area contributed by atoms with E-state index in [2.05, 4.69) is 33.2 Å². The summed E-state index contributed by atoms with van der Waals surface area (Å²) in [6, 6.07) is 19.9. The smallest absolute Gasteiger partial charge is 0.255 e. The Bertz CT molecular complexity index is 1080. The van der Waals surface area contributed by atoms with Crippen LogP contribution in [0.2, 0.25) is 0 Å². The standard InChI is InChI=1S/C24H23IN2O4/c1-30-21-11-10-16(14-22(21)31-2)12-13-26-24(29)19-8-3-4-9-20(19)27-23(28)17-6-5-7-18(25)15-17/h3-11,14-15H,12-13H2,1-2H3,(H,26,29)(H,27,28). The number of ether oxygens (including phenoxy) is 2. The van der Waals surface area contributed by atoms with Gasteiger partial charge in [0.25, 0.3) is 11.8 Å². The van der Waals surface area contributed by atoms with E-state index in [1.165, 1.54) is 0 Å². The first-order valence-electron chi connectivity index (χ1n) is 9.67. The van der Waals surface area contributed by atoms with Gasteiger partial charge in [-0.2, -0.15) is 0 Å². The topological polar surface area (TPSA) is 76.7 Å². The number of halogens is 1. The van der Waals surface area contributed by atoms with E-state index in [0.717, 1.165) is 9.13 Å². The van der Waals surface area contributed by atoms with Crippen molar-refractivity contribution in [3.63, 3.8) is 0 Å². The molecule has 0 aliphatic carbocycles. The van der Waals surface area contributed by atoms with Crippen molar-refractivity contribution in [3.8, 4) is 11.5 Å². The van der Waals surface area contributed by atoms with Crippen LogP contribution >= 0.6 is 22.6 Å². The Labute approximate surface area is 195 Å². The lowest BCUT2D eigenvalue weighted by molar-refractivity contribution is 0.0955. The molecule has 31 heavy (non-hydrogen) atoms. The molecule has 0 saturated heterocycles. The van der Waals surface area contributed by atoms with Gasteiger partial charge in [-0.1, -0.05) is 24.3 Å². The van der Waals surface area contributed by atoms with Crippen LogP contribution in [0.15, 0.2) is 66.7 Å². The van der Waals surface area contributed by atoms with E-state index in [9.17, 15) is 9.59 Å². The molecule has 0 saturated carbocycles. The molecule has 0 spiro atoms. The van der Waals surface area contributed by atoms with Gasteiger partial charge < -0.3 is 20.1 Å². The van der Waals surface area contributed by atoms with Crippen LogP contribution in [0, 0.1) is 3.57 Å². The Hall–Kier alpha value is -3.07. The molecule has 0 aliphatic rings. The fourth-order valence-electron chi connectivity index (χ4n) is 3.07. The monoisotopic (exact) mass is 530 g/mol. The van der Waals surface area contributed by atoms with Gasteiger partial charge in [0.05, 0.1) is 25.5 Å². The lowest BCUT2D eigenvalue weighted by atomic mass is 10.1. The average Bonchev–Trinajstić information content (AvgIpc) is 2.79. The molecule has 0 aromatic heterocycles. The maximum absolute atomic E-state index is 12.7. The number of para-hydroxylation sites is 1. The summed E-state index contributed by atoms with van der Waals surface area (Å²) in [5.74, 6) is 0.797. The molecule has 6 nitrogen and oxygen atoms in total. The van der Waals surface area contributed by atoms with Crippen molar-refractivity contribution < 1.29 is 19.1 Å². The lowest BCUT2D eigenvalue weighted by Gasteiger charge is -2.12. The largest absolute Gasteiger partial charge is 0.493 e. The zero-order valence-corrected chi connectivity index (χ0v) is 19.4. The minimum absolute atomic E-state index is 0.251. The molecular weight excluding hydrogens is 507 g/mol. The quantitative estimate of drug-likeness (QED) is 0.420. The first kappa shape index (κ1) is 22.6. The molecule has 0 unspecified atom stereocenters. The van der Waals surface area contributed by atoms with Crippen LogP contribution in [0.5, 0.6) is 11.5 Å². The fourth-order valence-corrected chi connectivity index (χ4v) is 3.61. The first-order chi connectivity index (χ1) is 15.0. The summed E-state index contributed by atoms with van der Waals surface area (Å²) < 4.78 is 11.5. The van der Waals surface area contributed by atoms with Crippen LogP contribution in [-0.2, 0) is 6.42 Å². The van der Waals surface area contributed by atoms with E-state index in [1.54, 1.807) is 50.6 Å². The number of hydrogen-bond acceptors (Lipinski definition) is 4. The Morgan fingerprint density at radius 2 is 1.65 bits per heavy atom. The normalized spacial score (nSPS) is 10.3. The summed E-state index contributed by atoms with van der Waals surface area (Å²) in [5.41, 5.74) is 2.43. The summed E-state index contributed by atoms with van der Waals surface area (Å²) in [6.07, 6.45) is 0.628. The van der Waals surface area contributed by atoms with Crippen molar-refractivity contribution >= 4 is 40.1 Å². The molecule has 0 bridgehead atoms. The minimum atomic E-state index is -0.260. The summed E-state index contributed by atoms with van der Waals surface area (Å²) in [7, 11) is 3.18. The summed E-state index contributed by atoms with van der Waals surface area (Å²) in [6.45, 7) is 0.438. The molecule has 3 rings (SSSR count). The summed E-state index contributed by atoms with van der Waals surface area (Å²) in [4.78, 5) is 25.3. The number of carbonyl (C=O) groups is 2. The van der Waals surface area contributed by atoms with Gasteiger partial charge in [0.15, 0.2) is 11.5 Å². The highest BCUT2D eigenvalue weighted by Gasteiger charge is 2.14. The van der Waals surface area contributed by atoms with Gasteiger partial charge in [-0.05, 0) is 77.0 Å². The Morgan fingerprint density at radius 1 is 0.871 bits per heavy atom. The third-order valence-electron chi connectivity index (χ3n) is 4.65. The van der Waals surface area contributed by atoms with Crippen LogP contribution in [0.4, 0.5) is 5.69 Å². The zero-order valence-electron chi connectivity index (χ0n) is 17.3. The Morgan fingerprint density at radius 3 is 2.39 bits per heavy atom. The molecule has 3 aromatic carbocycles. The molecular formula is C24H23IN2O4. The Balaban J connectivity index is 1.64. The number of anilines is 1. The van der Waals surface area contributed by atoms with Crippen molar-refractivity contribution in [1.29, 1.82) is 0 Å². The maximum atomic E-state index is 12.7. The molecule has 160 valence electrons. The van der Waals surface area contributed by atoms with Crippen LogP contribution in [0.1, 0.15) is 26.3 Å². The van der Waals surface area contributed by atoms with Crippen molar-refractivity contribution in [2.75, 3.05) is 26.1 Å². The number of carbonyl (C=O) groups excluding carboxylic acids is 2. The van der Waals surface area contributed by atoms with E-state index >= 15 is 0 Å². The second-order valence-electron chi connectivity index (χ2n) is 6.71. The number of rotatable bonds is 8. The minimum Gasteiger partial charge on any atom is -0.493 e. The van der Waals surface area contributed by atoms with Gasteiger partial charge in [0, 0.05) is 15.7 Å². The number of amides is 2. The van der Waals surface area contributed by atoms with Gasteiger partial charge in [-0.25, -0.2) is 0 Å². The lowest BCUT2D eigenvalue weighted by Crippen LogP contribution is -2.27. The van der Waals surface area contributed by atoms with E-state index < -0.39 is 0 Å². The predicted octanol–water partition coefficient (Wildman–Crippen LogP) is 4.53.